The molecule has 12 nitrogen and oxygen atoms in total. The molecule has 1 unspecified atom stereocenters. The monoisotopic (exact) mass is 726 g/mol. The number of carbonyl (C=O) groups is 3. The van der Waals surface area contributed by atoms with Gasteiger partial charge in [-0.05, 0) is 94.8 Å². The standard InChI is InChI=1S/C36H43ClN4O8S/c1-7-49-25-10-12-29-27(22-25)36(5,26-20-23(8-11-28(26)37)32(42)38-14-15-40-16-18-48-19-17-40)34(44)41(29)50(45,46)31-13-9-24(21-30(31)47-6)33(43)39-35(2,3)4/h8-13,20-22H,7,14-19H2,1-6H3,(H,38,42)(H,39,43). The number of amides is 3. The number of ether oxygens (including phenoxy) is 3. The number of hydrogen-bond acceptors (Lipinski definition) is 9. The molecule has 268 valence electrons. The van der Waals surface area contributed by atoms with Gasteiger partial charge in [0.1, 0.15) is 21.8 Å². The molecule has 2 aliphatic rings. The second-order valence-corrected chi connectivity index (χ2v) is 15.4. The lowest BCUT2D eigenvalue weighted by molar-refractivity contribution is -0.120. The van der Waals surface area contributed by atoms with E-state index in [0.29, 0.717) is 44.2 Å². The number of sulfonamides is 1. The van der Waals surface area contributed by atoms with Crippen LogP contribution in [-0.4, -0.2) is 89.7 Å². The van der Waals surface area contributed by atoms with Crippen LogP contribution in [0.15, 0.2) is 59.5 Å². The maximum absolute atomic E-state index is 14.7. The van der Waals surface area contributed by atoms with Gasteiger partial charge in [0.25, 0.3) is 27.7 Å². The predicted octanol–water partition coefficient (Wildman–Crippen LogP) is 4.38. The normalized spacial score (nSPS) is 18.1. The zero-order chi connectivity index (χ0) is 36.4. The molecule has 0 bridgehead atoms. The van der Waals surface area contributed by atoms with Crippen molar-refractivity contribution in [3.63, 3.8) is 0 Å². The molecule has 5 rings (SSSR count). The van der Waals surface area contributed by atoms with Gasteiger partial charge in [-0.3, -0.25) is 19.3 Å². The summed E-state index contributed by atoms with van der Waals surface area (Å²) in [6, 6.07) is 13.3. The smallest absolute Gasteiger partial charge is 0.274 e. The summed E-state index contributed by atoms with van der Waals surface area (Å²) in [6.07, 6.45) is 0. The van der Waals surface area contributed by atoms with Crippen LogP contribution in [0.3, 0.4) is 0 Å². The van der Waals surface area contributed by atoms with Gasteiger partial charge in [-0.1, -0.05) is 11.6 Å². The minimum Gasteiger partial charge on any atom is -0.495 e. The lowest BCUT2D eigenvalue weighted by Crippen LogP contribution is -2.43. The Morgan fingerprint density at radius 3 is 2.32 bits per heavy atom. The lowest BCUT2D eigenvalue weighted by atomic mass is 9.76. The molecule has 14 heteroatoms. The van der Waals surface area contributed by atoms with Crippen LogP contribution in [0.2, 0.25) is 5.02 Å². The van der Waals surface area contributed by atoms with Crippen LogP contribution < -0.4 is 24.4 Å². The molecule has 1 atom stereocenters. The number of anilines is 1. The maximum atomic E-state index is 14.7. The van der Waals surface area contributed by atoms with Gasteiger partial charge in [0.05, 0.1) is 32.6 Å². The number of halogens is 1. The Morgan fingerprint density at radius 1 is 0.980 bits per heavy atom. The van der Waals surface area contributed by atoms with Crippen molar-refractivity contribution in [1.82, 2.24) is 15.5 Å². The highest BCUT2D eigenvalue weighted by atomic mass is 35.5. The Labute approximate surface area is 298 Å². The first-order valence-corrected chi connectivity index (χ1v) is 18.2. The van der Waals surface area contributed by atoms with Crippen molar-refractivity contribution in [2.24, 2.45) is 0 Å². The Balaban J connectivity index is 1.55. The summed E-state index contributed by atoms with van der Waals surface area (Å²) in [5, 5.41) is 5.94. The summed E-state index contributed by atoms with van der Waals surface area (Å²) >= 11 is 6.77. The highest BCUT2D eigenvalue weighted by Gasteiger charge is 2.54. The van der Waals surface area contributed by atoms with Crippen LogP contribution in [0.4, 0.5) is 5.69 Å². The number of morpholine rings is 1. The summed E-state index contributed by atoms with van der Waals surface area (Å²) in [7, 11) is -3.35. The number of benzene rings is 3. The molecule has 2 heterocycles. The highest BCUT2D eigenvalue weighted by molar-refractivity contribution is 7.93. The van der Waals surface area contributed by atoms with Crippen LogP contribution in [0.25, 0.3) is 0 Å². The fourth-order valence-electron chi connectivity index (χ4n) is 6.11. The van der Waals surface area contributed by atoms with E-state index in [1.54, 1.807) is 25.1 Å². The summed E-state index contributed by atoms with van der Waals surface area (Å²) in [6.45, 7) is 13.1. The Bertz CT molecular complexity index is 1910. The quantitative estimate of drug-likeness (QED) is 0.294. The van der Waals surface area contributed by atoms with Gasteiger partial charge in [-0.2, -0.15) is 0 Å². The van der Waals surface area contributed by atoms with Gasteiger partial charge < -0.3 is 24.8 Å². The van der Waals surface area contributed by atoms with Gasteiger partial charge in [0.15, 0.2) is 0 Å². The summed E-state index contributed by atoms with van der Waals surface area (Å²) in [4.78, 5) is 42.8. The van der Waals surface area contributed by atoms with Gasteiger partial charge in [-0.25, -0.2) is 12.7 Å². The lowest BCUT2D eigenvalue weighted by Gasteiger charge is -2.27. The van der Waals surface area contributed by atoms with Crippen molar-refractivity contribution >= 4 is 45.0 Å². The Morgan fingerprint density at radius 2 is 1.66 bits per heavy atom. The van der Waals surface area contributed by atoms with E-state index >= 15 is 0 Å². The fourth-order valence-corrected chi connectivity index (χ4v) is 8.07. The second kappa shape index (κ2) is 14.6. The predicted molar refractivity (Wildman–Crippen MR) is 190 cm³/mol. The fraction of sp³-hybridized carbons (Fsp3) is 0.417. The molecule has 2 N–H and O–H groups in total. The van der Waals surface area contributed by atoms with E-state index in [0.717, 1.165) is 17.4 Å². The number of methoxy groups -OCH3 is 1. The van der Waals surface area contributed by atoms with Crippen LogP contribution in [-0.2, 0) is 25.0 Å². The van der Waals surface area contributed by atoms with E-state index in [2.05, 4.69) is 15.5 Å². The number of carbonyl (C=O) groups excluding carboxylic acids is 3. The molecular weight excluding hydrogens is 684 g/mol. The van der Waals surface area contributed by atoms with E-state index in [9.17, 15) is 22.8 Å². The third-order valence-electron chi connectivity index (χ3n) is 8.67. The van der Waals surface area contributed by atoms with E-state index in [1.165, 1.54) is 43.5 Å². The van der Waals surface area contributed by atoms with Crippen LogP contribution >= 0.6 is 11.6 Å². The number of rotatable bonds is 11. The minimum atomic E-state index is -4.64. The van der Waals surface area contributed by atoms with Crippen LogP contribution in [0.5, 0.6) is 11.5 Å². The molecular formula is C36H43ClN4O8S. The molecule has 0 saturated carbocycles. The molecule has 0 spiro atoms. The maximum Gasteiger partial charge on any atom is 0.274 e. The van der Waals surface area contributed by atoms with Crippen molar-refractivity contribution in [3.8, 4) is 11.5 Å². The molecule has 3 aromatic rings. The zero-order valence-corrected chi connectivity index (χ0v) is 30.7. The van der Waals surface area contributed by atoms with Crippen molar-refractivity contribution < 1.29 is 37.0 Å². The van der Waals surface area contributed by atoms with E-state index in [-0.39, 0.29) is 44.0 Å². The number of nitrogens with one attached hydrogen (secondary N) is 2. The van der Waals surface area contributed by atoms with Crippen LogP contribution in [0, 0.1) is 0 Å². The number of hydrogen-bond donors (Lipinski definition) is 2. The van der Waals surface area contributed by atoms with Gasteiger partial charge in [0, 0.05) is 53.4 Å². The minimum absolute atomic E-state index is 0.0917. The molecule has 50 heavy (non-hydrogen) atoms. The van der Waals surface area contributed by atoms with Crippen LogP contribution in [0.1, 0.15) is 66.5 Å². The molecule has 1 saturated heterocycles. The van der Waals surface area contributed by atoms with Crippen molar-refractivity contribution in [2.45, 2.75) is 50.5 Å². The highest BCUT2D eigenvalue weighted by Crippen LogP contribution is 2.51. The topological polar surface area (TPSA) is 144 Å². The zero-order valence-electron chi connectivity index (χ0n) is 29.1. The molecule has 0 radical (unpaired) electrons. The SMILES string of the molecule is CCOc1ccc2c(c1)C(C)(c1cc(C(=O)NCCN3CCOCC3)ccc1Cl)C(=O)N2S(=O)(=O)c1ccc(C(=O)NC(C)(C)C)cc1OC. The van der Waals surface area contributed by atoms with E-state index < -0.39 is 32.8 Å². The van der Waals surface area contributed by atoms with Crippen molar-refractivity contribution in [1.29, 1.82) is 0 Å². The molecule has 2 aliphatic heterocycles. The first-order chi connectivity index (χ1) is 23.6. The van der Waals surface area contributed by atoms with Gasteiger partial charge >= 0.3 is 0 Å². The Hall–Kier alpha value is -4.17. The number of nitrogens with zero attached hydrogens (tertiary/aromatic N) is 2. The van der Waals surface area contributed by atoms with Gasteiger partial charge in [-0.15, -0.1) is 0 Å². The first-order valence-electron chi connectivity index (χ1n) is 16.4. The van der Waals surface area contributed by atoms with E-state index in [4.69, 9.17) is 25.8 Å². The average Bonchev–Trinajstić information content (AvgIpc) is 3.30. The summed E-state index contributed by atoms with van der Waals surface area (Å²) in [5.41, 5.74) is -1.09. The molecule has 0 aromatic heterocycles. The third kappa shape index (κ3) is 7.32. The van der Waals surface area contributed by atoms with Crippen molar-refractivity contribution in [3.05, 3.63) is 81.9 Å². The van der Waals surface area contributed by atoms with E-state index in [1.807, 2.05) is 27.7 Å². The molecule has 1 fully saturated rings. The average molecular weight is 727 g/mol. The molecule has 3 aromatic carbocycles. The summed E-state index contributed by atoms with van der Waals surface area (Å²) < 4.78 is 46.4. The third-order valence-corrected chi connectivity index (χ3v) is 10.7. The largest absolute Gasteiger partial charge is 0.495 e. The second-order valence-electron chi connectivity index (χ2n) is 13.3. The van der Waals surface area contributed by atoms with Crippen molar-refractivity contribution in [2.75, 3.05) is 57.4 Å². The first kappa shape index (κ1) is 37.1. The molecule has 0 aliphatic carbocycles. The number of fused-ring (bicyclic) bond motifs is 1. The van der Waals surface area contributed by atoms with Gasteiger partial charge in [0.2, 0.25) is 0 Å². The summed E-state index contributed by atoms with van der Waals surface area (Å²) in [5.74, 6) is -1.29. The molecule has 3 amide bonds. The Kier molecular flexibility index (Phi) is 10.8.